The summed E-state index contributed by atoms with van der Waals surface area (Å²) in [4.78, 5) is 4.29. The van der Waals surface area contributed by atoms with Crippen LogP contribution in [0, 0.1) is 5.92 Å². The molecular formula is C12H17N. The molecule has 1 aromatic heterocycles. The number of hydrogen-bond acceptors (Lipinski definition) is 1. The lowest BCUT2D eigenvalue weighted by atomic mass is 10.0. The zero-order valence-corrected chi connectivity index (χ0v) is 8.40. The molecule has 0 aliphatic carbocycles. The van der Waals surface area contributed by atoms with E-state index in [4.69, 9.17) is 0 Å². The Hall–Kier alpha value is -1.11. The Morgan fingerprint density at radius 2 is 2.31 bits per heavy atom. The predicted octanol–water partition coefficient (Wildman–Crippen LogP) is 3.23. The Labute approximate surface area is 80.5 Å². The van der Waals surface area contributed by atoms with Crippen LogP contribution < -0.4 is 0 Å². The van der Waals surface area contributed by atoms with Crippen LogP contribution in [0.2, 0.25) is 0 Å². The van der Waals surface area contributed by atoms with Crippen molar-refractivity contribution in [1.29, 1.82) is 0 Å². The zero-order valence-electron chi connectivity index (χ0n) is 8.40. The Balaban J connectivity index is 2.45. The van der Waals surface area contributed by atoms with Gasteiger partial charge in [0.25, 0.3) is 0 Å². The smallest absolute Gasteiger partial charge is 0.0409 e. The SMILES string of the molecule is CC/C=C\C(C)Cc1ccccn1. The minimum Gasteiger partial charge on any atom is -0.261 e. The number of hydrogen-bond donors (Lipinski definition) is 0. The van der Waals surface area contributed by atoms with Crippen molar-refractivity contribution in [3.63, 3.8) is 0 Å². The van der Waals surface area contributed by atoms with Crippen LogP contribution in [0.25, 0.3) is 0 Å². The summed E-state index contributed by atoms with van der Waals surface area (Å²) in [6.45, 7) is 4.38. The van der Waals surface area contributed by atoms with E-state index in [9.17, 15) is 0 Å². The van der Waals surface area contributed by atoms with Crippen LogP contribution in [0.3, 0.4) is 0 Å². The second-order valence-corrected chi connectivity index (χ2v) is 3.34. The van der Waals surface area contributed by atoms with Crippen molar-refractivity contribution < 1.29 is 0 Å². The van der Waals surface area contributed by atoms with Gasteiger partial charge in [0.1, 0.15) is 0 Å². The van der Waals surface area contributed by atoms with Gasteiger partial charge in [-0.2, -0.15) is 0 Å². The van der Waals surface area contributed by atoms with Gasteiger partial charge in [-0.25, -0.2) is 0 Å². The summed E-state index contributed by atoms with van der Waals surface area (Å²) >= 11 is 0. The van der Waals surface area contributed by atoms with E-state index in [1.165, 1.54) is 5.69 Å². The van der Waals surface area contributed by atoms with Gasteiger partial charge in [0.15, 0.2) is 0 Å². The summed E-state index contributed by atoms with van der Waals surface area (Å²) in [5, 5.41) is 0. The molecule has 1 nitrogen and oxygen atoms in total. The largest absolute Gasteiger partial charge is 0.261 e. The average Bonchev–Trinajstić information content (AvgIpc) is 2.16. The van der Waals surface area contributed by atoms with Crippen molar-refractivity contribution in [1.82, 2.24) is 4.98 Å². The normalized spacial score (nSPS) is 13.4. The van der Waals surface area contributed by atoms with Crippen LogP contribution in [-0.4, -0.2) is 4.98 Å². The molecule has 1 atom stereocenters. The molecule has 1 heteroatoms. The fraction of sp³-hybridized carbons (Fsp3) is 0.417. The lowest BCUT2D eigenvalue weighted by Gasteiger charge is -2.04. The van der Waals surface area contributed by atoms with Crippen LogP contribution in [0.15, 0.2) is 36.5 Å². The molecule has 0 saturated heterocycles. The number of allylic oxidation sites excluding steroid dienone is 2. The second kappa shape index (κ2) is 5.52. The van der Waals surface area contributed by atoms with Crippen LogP contribution in [-0.2, 0) is 6.42 Å². The molecule has 1 aromatic rings. The molecule has 70 valence electrons. The molecule has 0 bridgehead atoms. The first-order valence-electron chi connectivity index (χ1n) is 4.89. The number of rotatable bonds is 4. The molecule has 0 amide bonds. The molecule has 0 N–H and O–H groups in total. The van der Waals surface area contributed by atoms with Gasteiger partial charge in [-0.05, 0) is 30.9 Å². The molecule has 0 saturated carbocycles. The highest BCUT2D eigenvalue weighted by molar-refractivity contribution is 5.05. The third-order valence-corrected chi connectivity index (χ3v) is 1.96. The van der Waals surface area contributed by atoms with Gasteiger partial charge >= 0.3 is 0 Å². The third-order valence-electron chi connectivity index (χ3n) is 1.96. The lowest BCUT2D eigenvalue weighted by Crippen LogP contribution is -1.97. The van der Waals surface area contributed by atoms with Gasteiger partial charge < -0.3 is 0 Å². The maximum absolute atomic E-state index is 4.29. The zero-order chi connectivity index (χ0) is 9.52. The van der Waals surface area contributed by atoms with E-state index >= 15 is 0 Å². The first-order chi connectivity index (χ1) is 6.33. The van der Waals surface area contributed by atoms with Gasteiger partial charge in [0.2, 0.25) is 0 Å². The topological polar surface area (TPSA) is 12.9 Å². The average molecular weight is 175 g/mol. The molecule has 1 unspecified atom stereocenters. The van der Waals surface area contributed by atoms with Crippen molar-refractivity contribution in [3.8, 4) is 0 Å². The molecule has 0 spiro atoms. The van der Waals surface area contributed by atoms with Gasteiger partial charge in [0.05, 0.1) is 0 Å². The van der Waals surface area contributed by atoms with Crippen molar-refractivity contribution in [2.75, 3.05) is 0 Å². The molecular weight excluding hydrogens is 158 g/mol. The van der Waals surface area contributed by atoms with E-state index in [1.807, 2.05) is 18.3 Å². The Kier molecular flexibility index (Phi) is 4.24. The Bertz CT molecular complexity index is 251. The minimum atomic E-state index is 0.592. The highest BCUT2D eigenvalue weighted by atomic mass is 14.7. The quantitative estimate of drug-likeness (QED) is 0.640. The first kappa shape index (κ1) is 9.97. The molecule has 0 aliphatic rings. The first-order valence-corrected chi connectivity index (χ1v) is 4.89. The Morgan fingerprint density at radius 1 is 1.46 bits per heavy atom. The van der Waals surface area contributed by atoms with Crippen LogP contribution in [0.1, 0.15) is 26.0 Å². The van der Waals surface area contributed by atoms with E-state index in [0.29, 0.717) is 5.92 Å². The summed E-state index contributed by atoms with van der Waals surface area (Å²) < 4.78 is 0. The summed E-state index contributed by atoms with van der Waals surface area (Å²) in [6.07, 6.45) is 8.48. The molecule has 0 fully saturated rings. The van der Waals surface area contributed by atoms with Gasteiger partial charge in [-0.1, -0.05) is 32.1 Å². The van der Waals surface area contributed by atoms with E-state index in [0.717, 1.165) is 12.8 Å². The van der Waals surface area contributed by atoms with Crippen LogP contribution in [0.4, 0.5) is 0 Å². The Morgan fingerprint density at radius 3 is 2.92 bits per heavy atom. The molecule has 1 heterocycles. The number of pyridine rings is 1. The fourth-order valence-corrected chi connectivity index (χ4v) is 1.29. The van der Waals surface area contributed by atoms with E-state index in [-0.39, 0.29) is 0 Å². The van der Waals surface area contributed by atoms with Crippen molar-refractivity contribution in [2.45, 2.75) is 26.7 Å². The summed E-state index contributed by atoms with van der Waals surface area (Å²) in [6, 6.07) is 6.07. The third kappa shape index (κ3) is 3.88. The van der Waals surface area contributed by atoms with Crippen molar-refractivity contribution in [3.05, 3.63) is 42.2 Å². The molecule has 0 aliphatic heterocycles. The van der Waals surface area contributed by atoms with E-state index in [2.05, 4.69) is 37.0 Å². The standard InChI is InChI=1S/C12H17N/c1-3-4-7-11(2)10-12-8-5-6-9-13-12/h4-9,11H,3,10H2,1-2H3/b7-4-. The lowest BCUT2D eigenvalue weighted by molar-refractivity contribution is 0.704. The second-order valence-electron chi connectivity index (χ2n) is 3.34. The minimum absolute atomic E-state index is 0.592. The van der Waals surface area contributed by atoms with Crippen LogP contribution in [0.5, 0.6) is 0 Å². The molecule has 0 aromatic carbocycles. The highest BCUT2D eigenvalue weighted by Gasteiger charge is 1.98. The van der Waals surface area contributed by atoms with E-state index in [1.54, 1.807) is 0 Å². The molecule has 0 radical (unpaired) electrons. The maximum atomic E-state index is 4.29. The predicted molar refractivity (Wildman–Crippen MR) is 56.5 cm³/mol. The summed E-state index contributed by atoms with van der Waals surface area (Å²) in [5.74, 6) is 0.592. The molecule has 13 heavy (non-hydrogen) atoms. The van der Waals surface area contributed by atoms with Gasteiger partial charge in [-0.15, -0.1) is 0 Å². The maximum Gasteiger partial charge on any atom is 0.0409 e. The monoisotopic (exact) mass is 175 g/mol. The van der Waals surface area contributed by atoms with Gasteiger partial charge in [-0.3, -0.25) is 4.98 Å². The number of nitrogens with zero attached hydrogens (tertiary/aromatic N) is 1. The fourth-order valence-electron chi connectivity index (χ4n) is 1.29. The van der Waals surface area contributed by atoms with Crippen molar-refractivity contribution in [2.24, 2.45) is 5.92 Å². The number of aromatic nitrogens is 1. The van der Waals surface area contributed by atoms with E-state index < -0.39 is 0 Å². The van der Waals surface area contributed by atoms with Crippen LogP contribution >= 0.6 is 0 Å². The summed E-state index contributed by atoms with van der Waals surface area (Å²) in [5.41, 5.74) is 1.18. The summed E-state index contributed by atoms with van der Waals surface area (Å²) in [7, 11) is 0. The van der Waals surface area contributed by atoms with Crippen molar-refractivity contribution >= 4 is 0 Å². The molecule has 1 rings (SSSR count). The highest BCUT2D eigenvalue weighted by Crippen LogP contribution is 2.06. The van der Waals surface area contributed by atoms with Gasteiger partial charge in [0, 0.05) is 11.9 Å².